The molecule has 0 radical (unpaired) electrons. The maximum atomic E-state index is 13.8. The van der Waals surface area contributed by atoms with Crippen molar-refractivity contribution in [3.05, 3.63) is 36.2 Å². The third-order valence-corrected chi connectivity index (χ3v) is 9.31. The second-order valence-electron chi connectivity index (χ2n) is 10.1. The fraction of sp³-hybridized carbons (Fsp3) is 0.519. The van der Waals surface area contributed by atoms with Gasteiger partial charge in [-0.1, -0.05) is 19.8 Å². The Morgan fingerprint density at radius 1 is 1.26 bits per heavy atom. The fourth-order valence-corrected chi connectivity index (χ4v) is 7.32. The molecule has 210 valence electrons. The first kappa shape index (κ1) is 28.6. The van der Waals surface area contributed by atoms with E-state index in [1.807, 2.05) is 13.1 Å². The van der Waals surface area contributed by atoms with E-state index in [0.717, 1.165) is 25.7 Å². The molecule has 2 unspecified atom stereocenters. The Balaban J connectivity index is 1.69. The summed E-state index contributed by atoms with van der Waals surface area (Å²) in [6.07, 6.45) is 8.08. The number of carbonyl (C=O) groups is 1. The number of hydrogen-bond acceptors (Lipinski definition) is 8. The highest BCUT2D eigenvalue weighted by molar-refractivity contribution is 7.89. The van der Waals surface area contributed by atoms with Crippen LogP contribution in [0.25, 0.3) is 0 Å². The van der Waals surface area contributed by atoms with Crippen molar-refractivity contribution in [3.8, 4) is 11.8 Å². The quantitative estimate of drug-likeness (QED) is 0.397. The van der Waals surface area contributed by atoms with E-state index in [1.165, 1.54) is 19.5 Å². The molecule has 1 saturated heterocycles. The maximum absolute atomic E-state index is 13.8. The number of aromatic nitrogens is 2. The Labute approximate surface area is 228 Å². The molecular weight excluding hydrogens is 522 g/mol. The topological polar surface area (TPSA) is 157 Å². The second kappa shape index (κ2) is 12.2. The van der Waals surface area contributed by atoms with Crippen molar-refractivity contribution >= 4 is 33.6 Å². The number of ether oxygens (including phenoxy) is 2. The van der Waals surface area contributed by atoms with Crippen LogP contribution in [-0.2, 0) is 14.8 Å². The minimum Gasteiger partial charge on any atom is -0.497 e. The zero-order valence-corrected chi connectivity index (χ0v) is 23.3. The van der Waals surface area contributed by atoms with Crippen LogP contribution >= 0.6 is 0 Å². The molecule has 2 aliphatic rings. The monoisotopic (exact) mass is 558 g/mol. The van der Waals surface area contributed by atoms with E-state index in [9.17, 15) is 18.3 Å². The minimum absolute atomic E-state index is 0.00727. The second-order valence-corrected chi connectivity index (χ2v) is 11.9. The highest BCUT2D eigenvalue weighted by atomic mass is 32.2. The Morgan fingerprint density at radius 3 is 2.56 bits per heavy atom. The molecule has 2 fully saturated rings. The predicted molar refractivity (Wildman–Crippen MR) is 145 cm³/mol. The van der Waals surface area contributed by atoms with Crippen molar-refractivity contribution in [3.63, 3.8) is 0 Å². The Bertz CT molecular complexity index is 1320. The van der Waals surface area contributed by atoms with Crippen LogP contribution in [0.3, 0.4) is 0 Å². The first-order chi connectivity index (χ1) is 18.6. The number of nitrogens with two attached hydrogens (primary N) is 1. The molecule has 2 heterocycles. The normalized spacial score (nSPS) is 22.4. The van der Waals surface area contributed by atoms with Gasteiger partial charge >= 0.3 is 12.0 Å². The molecule has 1 saturated carbocycles. The van der Waals surface area contributed by atoms with Gasteiger partial charge in [-0.15, -0.1) is 0 Å². The largest absolute Gasteiger partial charge is 0.497 e. The van der Waals surface area contributed by atoms with Crippen LogP contribution in [-0.4, -0.2) is 72.0 Å². The van der Waals surface area contributed by atoms with Crippen LogP contribution in [0.5, 0.6) is 11.8 Å². The van der Waals surface area contributed by atoms with E-state index in [2.05, 4.69) is 9.97 Å². The molecule has 1 aromatic carbocycles. The molecule has 1 aliphatic carbocycles. The molecule has 12 heteroatoms. The van der Waals surface area contributed by atoms with E-state index in [4.69, 9.17) is 19.9 Å². The zero-order chi connectivity index (χ0) is 28.2. The Hall–Kier alpha value is -3.38. The molecule has 1 aliphatic heterocycles. The van der Waals surface area contributed by atoms with Gasteiger partial charge in [0.15, 0.2) is 5.71 Å². The number of nitrogens with zero attached hydrogens (tertiary/aromatic N) is 4. The third-order valence-electron chi connectivity index (χ3n) is 7.50. The molecule has 39 heavy (non-hydrogen) atoms. The number of sulfonamides is 1. The van der Waals surface area contributed by atoms with Crippen molar-refractivity contribution in [2.45, 2.75) is 56.9 Å². The first-order valence-electron chi connectivity index (χ1n) is 13.2. The van der Waals surface area contributed by atoms with E-state index in [0.29, 0.717) is 30.2 Å². The van der Waals surface area contributed by atoms with Crippen molar-refractivity contribution in [1.29, 1.82) is 0 Å². The lowest BCUT2D eigenvalue weighted by Gasteiger charge is -2.31. The summed E-state index contributed by atoms with van der Waals surface area (Å²) in [5.41, 5.74) is 1.17. The molecule has 0 spiro atoms. The number of carboxylic acids is 1. The molecule has 2 aromatic rings. The third kappa shape index (κ3) is 6.27. The summed E-state index contributed by atoms with van der Waals surface area (Å²) in [4.78, 5) is 24.2. The van der Waals surface area contributed by atoms with Gasteiger partial charge in [0.25, 0.3) is 0 Å². The molecule has 11 nitrogen and oxygen atoms in total. The number of aliphatic carboxylic acids is 1. The zero-order valence-electron chi connectivity index (χ0n) is 22.5. The lowest BCUT2D eigenvalue weighted by molar-refractivity contribution is -0.139. The average molecular weight is 559 g/mol. The predicted octanol–water partition coefficient (Wildman–Crippen LogP) is 2.12. The van der Waals surface area contributed by atoms with Gasteiger partial charge in [0, 0.05) is 30.8 Å². The Morgan fingerprint density at radius 2 is 1.95 bits per heavy atom. The minimum atomic E-state index is -3.87. The molecule has 3 atom stereocenters. The smallest absolute Gasteiger partial charge is 0.316 e. The van der Waals surface area contributed by atoms with Crippen molar-refractivity contribution in [1.82, 2.24) is 14.3 Å². The van der Waals surface area contributed by atoms with Crippen LogP contribution in [0.15, 0.2) is 40.5 Å². The van der Waals surface area contributed by atoms with E-state index in [-0.39, 0.29) is 46.8 Å². The van der Waals surface area contributed by atoms with Crippen molar-refractivity contribution in [2.24, 2.45) is 22.7 Å². The van der Waals surface area contributed by atoms with E-state index < -0.39 is 16.0 Å². The van der Waals surface area contributed by atoms with Crippen LogP contribution in [0, 0.1) is 17.8 Å². The molecule has 1 aromatic heterocycles. The first-order valence-corrected chi connectivity index (χ1v) is 14.6. The lowest BCUT2D eigenvalue weighted by Crippen LogP contribution is -2.42. The van der Waals surface area contributed by atoms with Gasteiger partial charge in [-0.3, -0.25) is 15.2 Å². The number of benzene rings is 1. The van der Waals surface area contributed by atoms with E-state index >= 15 is 0 Å². The highest BCUT2D eigenvalue weighted by Crippen LogP contribution is 2.43. The van der Waals surface area contributed by atoms with Gasteiger partial charge in [-0.2, -0.15) is 4.31 Å². The van der Waals surface area contributed by atoms with Crippen LogP contribution < -0.4 is 14.9 Å². The average Bonchev–Trinajstić information content (AvgIpc) is 3.55. The Kier molecular flexibility index (Phi) is 8.96. The lowest BCUT2D eigenvalue weighted by atomic mass is 9.84. The summed E-state index contributed by atoms with van der Waals surface area (Å²) >= 11 is 0. The molecule has 4 rings (SSSR count). The van der Waals surface area contributed by atoms with E-state index in [1.54, 1.807) is 29.4 Å². The number of carboxylic acid groups (broad SMARTS) is 1. The van der Waals surface area contributed by atoms with Gasteiger partial charge in [-0.25, -0.2) is 18.4 Å². The van der Waals surface area contributed by atoms with Crippen LogP contribution in [0.2, 0.25) is 0 Å². The molecule has 0 bridgehead atoms. The van der Waals surface area contributed by atoms with Gasteiger partial charge < -0.3 is 14.6 Å². The summed E-state index contributed by atoms with van der Waals surface area (Å²) in [6.45, 7) is 4.56. The van der Waals surface area contributed by atoms with Crippen molar-refractivity contribution < 1.29 is 33.2 Å². The van der Waals surface area contributed by atoms with Gasteiger partial charge in [-0.05, 0) is 43.7 Å². The van der Waals surface area contributed by atoms with Crippen LogP contribution in [0.4, 0.5) is 5.69 Å². The number of hydrogen-bond donors (Lipinski definition) is 2. The summed E-state index contributed by atoms with van der Waals surface area (Å²) in [6, 6.07) is 4.96. The highest BCUT2D eigenvalue weighted by Gasteiger charge is 2.49. The maximum Gasteiger partial charge on any atom is 0.316 e. The molecular formula is C27H36N5O6S+. The van der Waals surface area contributed by atoms with Crippen LogP contribution in [0.1, 0.15) is 51.5 Å². The summed E-state index contributed by atoms with van der Waals surface area (Å²) in [5.74, 6) is -0.458. The van der Waals surface area contributed by atoms with Gasteiger partial charge in [0.1, 0.15) is 17.1 Å². The number of rotatable bonds is 11. The fourth-order valence-electron chi connectivity index (χ4n) is 5.62. The number of methoxy groups -OCH3 is 1. The van der Waals surface area contributed by atoms with Crippen molar-refractivity contribution in [2.75, 3.05) is 20.3 Å². The van der Waals surface area contributed by atoms with Gasteiger partial charge in [0.05, 0.1) is 37.4 Å². The summed E-state index contributed by atoms with van der Waals surface area (Å²) in [7, 11) is -2.33. The van der Waals surface area contributed by atoms with Gasteiger partial charge in [0.2, 0.25) is 10.0 Å². The SMILES string of the molecule is CCOc1ncc(S(=O)(=O)N2C[C@@H](C)C(C=Nc3cc(OC)ccc3C(=[NH2+])CC(=O)O)C2C2CCCC2)cn1. The molecule has 3 N–H and O–H groups in total. The molecule has 0 amide bonds. The number of aliphatic imine (C=N–C) groups is 1. The summed E-state index contributed by atoms with van der Waals surface area (Å²) < 4.78 is 39.9. The summed E-state index contributed by atoms with van der Waals surface area (Å²) in [5, 5.41) is 15.3. The standard InChI is InChI=1S/C27H35N5O6S/c1-4-38-27-30-13-20(14-31-27)39(35,36)32-16-17(2)22(26(32)18-7-5-6-8-18)15-29-24-11-19(37-3)9-10-21(24)23(28)12-25(33)34/h9-11,13-15,17-18,22,26,28H,4-8,12,16H2,1-3H3,(H,33,34)/p+1/t17-,22?,26?/m1/s1.